The van der Waals surface area contributed by atoms with Gasteiger partial charge in [0.05, 0.1) is 6.04 Å². The zero-order valence-electron chi connectivity index (χ0n) is 12.1. The van der Waals surface area contributed by atoms with E-state index in [4.69, 9.17) is 5.73 Å². The molecule has 0 aliphatic carbocycles. The average molecular weight is 255 g/mol. The molecule has 1 rings (SSSR count). The molecule has 1 heterocycles. The topological polar surface area (TPSA) is 58.4 Å². The zero-order chi connectivity index (χ0) is 13.5. The van der Waals surface area contributed by atoms with Crippen LogP contribution in [0.15, 0.2) is 0 Å². The van der Waals surface area contributed by atoms with Crippen LogP contribution in [-0.2, 0) is 4.79 Å². The summed E-state index contributed by atoms with van der Waals surface area (Å²) >= 11 is 0. The molecule has 4 heteroatoms. The molecular formula is C14H29N3O. The van der Waals surface area contributed by atoms with Gasteiger partial charge in [0.25, 0.3) is 0 Å². The van der Waals surface area contributed by atoms with Crippen molar-refractivity contribution >= 4 is 5.91 Å². The van der Waals surface area contributed by atoms with Crippen molar-refractivity contribution in [2.45, 2.75) is 58.5 Å². The van der Waals surface area contributed by atoms with Crippen molar-refractivity contribution in [3.05, 3.63) is 0 Å². The Morgan fingerprint density at radius 3 is 2.50 bits per heavy atom. The monoisotopic (exact) mass is 255 g/mol. The van der Waals surface area contributed by atoms with Crippen LogP contribution < -0.4 is 11.1 Å². The number of carbonyl (C=O) groups is 1. The molecular weight excluding hydrogens is 226 g/mol. The van der Waals surface area contributed by atoms with Crippen LogP contribution in [0, 0.1) is 5.92 Å². The van der Waals surface area contributed by atoms with Gasteiger partial charge in [-0.2, -0.15) is 0 Å². The van der Waals surface area contributed by atoms with E-state index in [1.807, 2.05) is 13.8 Å². The van der Waals surface area contributed by atoms with Gasteiger partial charge in [-0.1, -0.05) is 27.2 Å². The van der Waals surface area contributed by atoms with Crippen molar-refractivity contribution < 1.29 is 4.79 Å². The molecule has 1 aliphatic heterocycles. The van der Waals surface area contributed by atoms with E-state index in [0.717, 1.165) is 25.9 Å². The number of hydrogen-bond donors (Lipinski definition) is 2. The summed E-state index contributed by atoms with van der Waals surface area (Å²) in [6, 6.07) is -0.0525. The van der Waals surface area contributed by atoms with E-state index in [2.05, 4.69) is 17.1 Å². The molecule has 0 aromatic rings. The molecule has 3 N–H and O–H groups in total. The number of piperidine rings is 1. The second-order valence-electron chi connectivity index (χ2n) is 5.75. The number of rotatable bonds is 6. The highest BCUT2D eigenvalue weighted by Crippen LogP contribution is 2.11. The number of nitrogens with one attached hydrogen (secondary N) is 1. The summed E-state index contributed by atoms with van der Waals surface area (Å²) < 4.78 is 0. The predicted molar refractivity (Wildman–Crippen MR) is 75.3 cm³/mol. The summed E-state index contributed by atoms with van der Waals surface area (Å²) in [4.78, 5) is 14.4. The molecule has 1 saturated heterocycles. The Morgan fingerprint density at radius 2 is 2.00 bits per heavy atom. The Balaban J connectivity index is 2.25. The molecule has 0 aromatic heterocycles. The van der Waals surface area contributed by atoms with Crippen LogP contribution in [-0.4, -0.2) is 42.5 Å². The minimum absolute atomic E-state index is 0.0111. The molecule has 1 unspecified atom stereocenters. The third-order valence-electron chi connectivity index (χ3n) is 3.78. The van der Waals surface area contributed by atoms with E-state index in [-0.39, 0.29) is 17.9 Å². The normalized spacial score (nSPS) is 20.1. The summed E-state index contributed by atoms with van der Waals surface area (Å²) in [5.74, 6) is 0.214. The Bertz CT molecular complexity index is 247. The zero-order valence-corrected chi connectivity index (χ0v) is 12.1. The first-order valence-electron chi connectivity index (χ1n) is 7.33. The molecule has 4 nitrogen and oxygen atoms in total. The number of amides is 1. The molecule has 0 saturated carbocycles. The first-order valence-corrected chi connectivity index (χ1v) is 7.33. The van der Waals surface area contributed by atoms with Gasteiger partial charge in [0, 0.05) is 19.1 Å². The van der Waals surface area contributed by atoms with Crippen LogP contribution in [0.2, 0.25) is 0 Å². The first kappa shape index (κ1) is 15.4. The molecule has 1 aliphatic rings. The van der Waals surface area contributed by atoms with E-state index in [1.54, 1.807) is 0 Å². The maximum Gasteiger partial charge on any atom is 0.237 e. The van der Waals surface area contributed by atoms with Crippen LogP contribution in [0.3, 0.4) is 0 Å². The summed E-state index contributed by atoms with van der Waals surface area (Å²) in [5, 5.41) is 3.09. The molecule has 0 bridgehead atoms. The van der Waals surface area contributed by atoms with Crippen molar-refractivity contribution in [3.8, 4) is 0 Å². The number of nitrogens with two attached hydrogens (primary N) is 1. The fraction of sp³-hybridized carbons (Fsp3) is 0.929. The van der Waals surface area contributed by atoms with E-state index in [1.165, 1.54) is 19.4 Å². The molecule has 1 atom stereocenters. The average Bonchev–Trinajstić information content (AvgIpc) is 2.36. The van der Waals surface area contributed by atoms with Crippen molar-refractivity contribution in [1.29, 1.82) is 0 Å². The lowest BCUT2D eigenvalue weighted by molar-refractivity contribution is -0.124. The van der Waals surface area contributed by atoms with Crippen molar-refractivity contribution in [2.75, 3.05) is 19.6 Å². The predicted octanol–water partition coefficient (Wildman–Crippen LogP) is 1.35. The van der Waals surface area contributed by atoms with Crippen molar-refractivity contribution in [2.24, 2.45) is 11.7 Å². The maximum absolute atomic E-state index is 11.9. The van der Waals surface area contributed by atoms with Crippen molar-refractivity contribution in [3.63, 3.8) is 0 Å². The second-order valence-corrected chi connectivity index (χ2v) is 5.75. The summed E-state index contributed by atoms with van der Waals surface area (Å²) in [7, 11) is 0. The molecule has 0 radical (unpaired) electrons. The Morgan fingerprint density at radius 1 is 1.39 bits per heavy atom. The van der Waals surface area contributed by atoms with Gasteiger partial charge in [-0.15, -0.1) is 0 Å². The second kappa shape index (κ2) is 7.74. The largest absolute Gasteiger partial charge is 0.352 e. The number of likely N-dealkylation sites (tertiary alicyclic amines) is 1. The van der Waals surface area contributed by atoms with Gasteiger partial charge in [-0.25, -0.2) is 0 Å². The van der Waals surface area contributed by atoms with Gasteiger partial charge in [0.2, 0.25) is 5.91 Å². The lowest BCUT2D eigenvalue weighted by Gasteiger charge is -2.33. The standard InChI is InChI=1S/C14H29N3O/c1-4-5-8-17-9-6-12(7-10-17)16-14(18)13(15)11(2)3/h11-13H,4-10,15H2,1-3H3,(H,16,18). The highest BCUT2D eigenvalue weighted by atomic mass is 16.2. The van der Waals surface area contributed by atoms with E-state index in [9.17, 15) is 4.79 Å². The molecule has 1 amide bonds. The third kappa shape index (κ3) is 4.94. The van der Waals surface area contributed by atoms with Crippen LogP contribution >= 0.6 is 0 Å². The van der Waals surface area contributed by atoms with Gasteiger partial charge in [-0.3, -0.25) is 4.79 Å². The third-order valence-corrected chi connectivity index (χ3v) is 3.78. The van der Waals surface area contributed by atoms with Crippen LogP contribution in [0.4, 0.5) is 0 Å². The minimum Gasteiger partial charge on any atom is -0.352 e. The van der Waals surface area contributed by atoms with Gasteiger partial charge in [0.15, 0.2) is 0 Å². The quantitative estimate of drug-likeness (QED) is 0.753. The Kier molecular flexibility index (Phi) is 6.65. The number of unbranched alkanes of at least 4 members (excludes halogenated alkanes) is 1. The number of nitrogens with zero attached hydrogens (tertiary/aromatic N) is 1. The number of hydrogen-bond acceptors (Lipinski definition) is 3. The molecule has 0 spiro atoms. The maximum atomic E-state index is 11.9. The summed E-state index contributed by atoms with van der Waals surface area (Å²) in [5.41, 5.74) is 5.85. The van der Waals surface area contributed by atoms with E-state index >= 15 is 0 Å². The fourth-order valence-corrected chi connectivity index (χ4v) is 2.28. The minimum atomic E-state index is -0.372. The van der Waals surface area contributed by atoms with Crippen LogP contribution in [0.25, 0.3) is 0 Å². The molecule has 0 aromatic carbocycles. The van der Waals surface area contributed by atoms with E-state index < -0.39 is 0 Å². The Labute approximate surface area is 111 Å². The van der Waals surface area contributed by atoms with Gasteiger partial charge in [-0.05, 0) is 31.7 Å². The molecule has 18 heavy (non-hydrogen) atoms. The summed E-state index contributed by atoms with van der Waals surface area (Å²) in [6.07, 6.45) is 4.63. The smallest absolute Gasteiger partial charge is 0.237 e. The van der Waals surface area contributed by atoms with Crippen LogP contribution in [0.1, 0.15) is 46.5 Å². The van der Waals surface area contributed by atoms with Crippen molar-refractivity contribution in [1.82, 2.24) is 10.2 Å². The Hall–Kier alpha value is -0.610. The highest BCUT2D eigenvalue weighted by Gasteiger charge is 2.23. The van der Waals surface area contributed by atoms with Gasteiger partial charge >= 0.3 is 0 Å². The summed E-state index contributed by atoms with van der Waals surface area (Å²) in [6.45, 7) is 9.59. The van der Waals surface area contributed by atoms with Gasteiger partial charge in [0.1, 0.15) is 0 Å². The van der Waals surface area contributed by atoms with Crippen LogP contribution in [0.5, 0.6) is 0 Å². The highest BCUT2D eigenvalue weighted by molar-refractivity contribution is 5.82. The molecule has 106 valence electrons. The lowest BCUT2D eigenvalue weighted by atomic mass is 10.0. The SMILES string of the molecule is CCCCN1CCC(NC(=O)C(N)C(C)C)CC1. The number of carbonyl (C=O) groups excluding carboxylic acids is 1. The first-order chi connectivity index (χ1) is 8.54. The fourth-order valence-electron chi connectivity index (χ4n) is 2.28. The van der Waals surface area contributed by atoms with Gasteiger partial charge < -0.3 is 16.0 Å². The van der Waals surface area contributed by atoms with E-state index in [0.29, 0.717) is 6.04 Å². The lowest BCUT2D eigenvalue weighted by Crippen LogP contribution is -2.51. The molecule has 1 fully saturated rings.